The number of nitrogens with zero attached hydrogens (tertiary/aromatic N) is 1. The molecule has 9 nitrogen and oxygen atoms in total. The number of nitrogens with two attached hydrogens (primary N) is 1. The van der Waals surface area contributed by atoms with E-state index in [0.29, 0.717) is 40.3 Å². The number of carbonyl (C=O) groups excluding carboxylic acids is 3. The maximum atomic E-state index is 12.4. The van der Waals surface area contributed by atoms with Gasteiger partial charge < -0.3 is 31.6 Å². The van der Waals surface area contributed by atoms with Crippen LogP contribution in [0.5, 0.6) is 0 Å². The Hall–Kier alpha value is -3.59. The Morgan fingerprint density at radius 1 is 1.16 bits per heavy atom. The van der Waals surface area contributed by atoms with Crippen LogP contribution in [0, 0.1) is 0 Å². The van der Waals surface area contributed by atoms with Gasteiger partial charge in [-0.15, -0.1) is 0 Å². The van der Waals surface area contributed by atoms with Crippen molar-refractivity contribution in [2.75, 3.05) is 36.8 Å². The molecule has 0 radical (unpaired) electrons. The van der Waals surface area contributed by atoms with Crippen LogP contribution in [0.1, 0.15) is 40.9 Å². The van der Waals surface area contributed by atoms with Gasteiger partial charge >= 0.3 is 6.03 Å². The third-order valence-corrected chi connectivity index (χ3v) is 5.50. The maximum Gasteiger partial charge on any atom is 0.316 e. The molecule has 4 amide bonds. The van der Waals surface area contributed by atoms with E-state index in [1.54, 1.807) is 36.5 Å². The van der Waals surface area contributed by atoms with Crippen molar-refractivity contribution in [3.05, 3.63) is 47.3 Å². The topological polar surface area (TPSA) is 132 Å². The van der Waals surface area contributed by atoms with Crippen molar-refractivity contribution >= 4 is 40.9 Å². The summed E-state index contributed by atoms with van der Waals surface area (Å²) in [5.41, 5.74) is 8.53. The van der Waals surface area contributed by atoms with Crippen molar-refractivity contribution < 1.29 is 14.4 Å². The Balaban J connectivity index is 1.42. The molecule has 9 heteroatoms. The van der Waals surface area contributed by atoms with Gasteiger partial charge in [0.2, 0.25) is 0 Å². The highest BCUT2D eigenvalue weighted by atomic mass is 16.2. The lowest BCUT2D eigenvalue weighted by molar-refractivity contribution is -0.110. The predicted octanol–water partition coefficient (Wildman–Crippen LogP) is 2.21. The van der Waals surface area contributed by atoms with Gasteiger partial charge in [0, 0.05) is 41.9 Å². The highest BCUT2D eigenvalue weighted by Crippen LogP contribution is 2.35. The Kier molecular flexibility index (Phi) is 6.03. The first-order chi connectivity index (χ1) is 15.0. The summed E-state index contributed by atoms with van der Waals surface area (Å²) in [7, 11) is 0. The van der Waals surface area contributed by atoms with Gasteiger partial charge in [-0.3, -0.25) is 9.59 Å². The minimum atomic E-state index is -0.678. The van der Waals surface area contributed by atoms with Gasteiger partial charge in [0.25, 0.3) is 11.8 Å². The van der Waals surface area contributed by atoms with Crippen LogP contribution in [-0.4, -0.2) is 53.9 Å². The van der Waals surface area contributed by atoms with Crippen molar-refractivity contribution in [3.63, 3.8) is 0 Å². The number of primary amides is 1. The van der Waals surface area contributed by atoms with Crippen molar-refractivity contribution in [1.82, 2.24) is 15.2 Å². The first-order valence-corrected chi connectivity index (χ1v) is 10.4. The molecule has 2 aliphatic rings. The Morgan fingerprint density at radius 3 is 2.74 bits per heavy atom. The molecule has 0 saturated carbocycles. The maximum absolute atomic E-state index is 12.4. The van der Waals surface area contributed by atoms with Crippen molar-refractivity contribution in [2.45, 2.75) is 19.3 Å². The molecule has 162 valence electrons. The SMILES string of the molecule is NC(=O)Nc1ccc2c(c1)/C(=C/c1cc(C(=O)NCCN3CCCCC3)c[nH]1)C(=O)N2. The fourth-order valence-corrected chi connectivity index (χ4v) is 3.95. The number of fused-ring (bicyclic) bond motifs is 1. The number of amides is 4. The van der Waals surface area contributed by atoms with Gasteiger partial charge in [0.15, 0.2) is 0 Å². The lowest BCUT2D eigenvalue weighted by Crippen LogP contribution is -2.37. The van der Waals surface area contributed by atoms with E-state index in [-0.39, 0.29) is 11.8 Å². The van der Waals surface area contributed by atoms with Crippen LogP contribution < -0.4 is 21.7 Å². The number of nitrogens with one attached hydrogen (secondary N) is 4. The van der Waals surface area contributed by atoms with E-state index in [2.05, 4.69) is 25.8 Å². The fraction of sp³-hybridized carbons (Fsp3) is 0.318. The van der Waals surface area contributed by atoms with Gasteiger partial charge in [0.1, 0.15) is 0 Å². The molecule has 1 aromatic carbocycles. The number of piperidine rings is 1. The molecule has 1 fully saturated rings. The molecule has 1 saturated heterocycles. The van der Waals surface area contributed by atoms with E-state index in [4.69, 9.17) is 5.73 Å². The van der Waals surface area contributed by atoms with Crippen LogP contribution in [0.25, 0.3) is 11.6 Å². The number of hydrogen-bond donors (Lipinski definition) is 5. The summed E-state index contributed by atoms with van der Waals surface area (Å²) in [5, 5.41) is 8.24. The molecule has 0 bridgehead atoms. The van der Waals surface area contributed by atoms with E-state index < -0.39 is 6.03 Å². The summed E-state index contributed by atoms with van der Waals surface area (Å²) in [6, 6.07) is 6.08. The summed E-state index contributed by atoms with van der Waals surface area (Å²) < 4.78 is 0. The molecule has 2 aliphatic heterocycles. The number of urea groups is 1. The molecule has 0 spiro atoms. The smallest absolute Gasteiger partial charge is 0.316 e. The highest BCUT2D eigenvalue weighted by molar-refractivity contribution is 6.35. The Morgan fingerprint density at radius 2 is 1.97 bits per heavy atom. The summed E-state index contributed by atoms with van der Waals surface area (Å²) >= 11 is 0. The summed E-state index contributed by atoms with van der Waals surface area (Å²) in [6.45, 7) is 3.65. The number of hydrogen-bond acceptors (Lipinski definition) is 4. The van der Waals surface area contributed by atoms with Gasteiger partial charge in [-0.05, 0) is 56.3 Å². The van der Waals surface area contributed by atoms with Crippen LogP contribution in [0.3, 0.4) is 0 Å². The molecule has 6 N–H and O–H groups in total. The molecule has 0 atom stereocenters. The van der Waals surface area contributed by atoms with Crippen LogP contribution in [-0.2, 0) is 4.79 Å². The number of benzene rings is 1. The molecular formula is C22H26N6O3. The number of aromatic nitrogens is 1. The lowest BCUT2D eigenvalue weighted by atomic mass is 10.1. The average Bonchev–Trinajstić information content (AvgIpc) is 3.33. The zero-order valence-electron chi connectivity index (χ0n) is 17.2. The van der Waals surface area contributed by atoms with E-state index in [9.17, 15) is 14.4 Å². The summed E-state index contributed by atoms with van der Waals surface area (Å²) in [5.74, 6) is -0.407. The molecule has 0 unspecified atom stereocenters. The zero-order chi connectivity index (χ0) is 21.8. The third kappa shape index (κ3) is 4.95. The molecule has 0 aliphatic carbocycles. The lowest BCUT2D eigenvalue weighted by Gasteiger charge is -2.26. The second-order valence-corrected chi connectivity index (χ2v) is 7.76. The van der Waals surface area contributed by atoms with Crippen molar-refractivity contribution in [2.24, 2.45) is 5.73 Å². The number of carbonyl (C=O) groups is 3. The molecule has 31 heavy (non-hydrogen) atoms. The third-order valence-electron chi connectivity index (χ3n) is 5.50. The highest BCUT2D eigenvalue weighted by Gasteiger charge is 2.25. The van der Waals surface area contributed by atoms with Crippen LogP contribution in [0.15, 0.2) is 30.5 Å². The largest absolute Gasteiger partial charge is 0.361 e. The van der Waals surface area contributed by atoms with Crippen LogP contribution >= 0.6 is 0 Å². The van der Waals surface area contributed by atoms with Crippen LogP contribution in [0.4, 0.5) is 16.2 Å². The summed E-state index contributed by atoms with van der Waals surface area (Å²) in [4.78, 5) is 41.4. The van der Waals surface area contributed by atoms with Gasteiger partial charge in [-0.2, -0.15) is 0 Å². The standard InChI is InChI=1S/C22H26N6O3/c23-22(31)26-15-4-5-19-17(11-15)18(21(30)27-19)12-16-10-14(13-25-16)20(29)24-6-9-28-7-2-1-3-8-28/h4-5,10-13,25H,1-3,6-9H2,(H,24,29)(H,27,30)(H3,23,26,31)/b18-12-. The average molecular weight is 422 g/mol. The first-order valence-electron chi connectivity index (χ1n) is 10.4. The van der Waals surface area contributed by atoms with Crippen LogP contribution in [0.2, 0.25) is 0 Å². The van der Waals surface area contributed by atoms with E-state index >= 15 is 0 Å². The molecule has 3 heterocycles. The quantitative estimate of drug-likeness (QED) is 0.457. The zero-order valence-corrected chi connectivity index (χ0v) is 17.2. The van der Waals surface area contributed by atoms with Crippen molar-refractivity contribution in [3.8, 4) is 0 Å². The second-order valence-electron chi connectivity index (χ2n) is 7.76. The van der Waals surface area contributed by atoms with Gasteiger partial charge in [-0.1, -0.05) is 6.42 Å². The molecular weight excluding hydrogens is 396 g/mol. The normalized spacial score (nSPS) is 17.3. The molecule has 4 rings (SSSR count). The second kappa shape index (κ2) is 9.05. The number of H-pyrrole nitrogens is 1. The number of anilines is 2. The Labute approximate surface area is 180 Å². The Bertz CT molecular complexity index is 1040. The van der Waals surface area contributed by atoms with Gasteiger partial charge in [-0.25, -0.2) is 4.79 Å². The first kappa shape index (κ1) is 20.7. The van der Waals surface area contributed by atoms with Crippen molar-refractivity contribution in [1.29, 1.82) is 0 Å². The monoisotopic (exact) mass is 422 g/mol. The number of rotatable bonds is 6. The van der Waals surface area contributed by atoms with E-state index in [1.807, 2.05) is 0 Å². The minimum absolute atomic E-state index is 0.151. The molecule has 1 aromatic heterocycles. The fourth-order valence-electron chi connectivity index (χ4n) is 3.95. The minimum Gasteiger partial charge on any atom is -0.361 e. The number of aromatic amines is 1. The van der Waals surface area contributed by atoms with E-state index in [1.165, 1.54) is 19.3 Å². The van der Waals surface area contributed by atoms with Gasteiger partial charge in [0.05, 0.1) is 11.1 Å². The summed E-state index contributed by atoms with van der Waals surface area (Å²) in [6.07, 6.45) is 7.04. The number of likely N-dealkylation sites (tertiary alicyclic amines) is 1. The molecule has 2 aromatic rings. The van der Waals surface area contributed by atoms with E-state index in [0.717, 1.165) is 19.6 Å². The predicted molar refractivity (Wildman–Crippen MR) is 120 cm³/mol.